The Morgan fingerprint density at radius 2 is 2.04 bits per heavy atom. The number of fused-ring (bicyclic) bond motifs is 1. The molecule has 0 atom stereocenters. The van der Waals surface area contributed by atoms with Gasteiger partial charge in [0.25, 0.3) is 0 Å². The lowest BCUT2D eigenvalue weighted by atomic mass is 10.0. The fourth-order valence-corrected chi connectivity index (χ4v) is 3.83. The average Bonchev–Trinajstić information content (AvgIpc) is 3.11. The molecule has 9 heteroatoms. The molecule has 1 aromatic heterocycles. The number of hydrogen-bond donors (Lipinski definition) is 2. The van der Waals surface area contributed by atoms with E-state index in [1.165, 1.54) is 16.8 Å². The molecule has 0 fully saturated rings. The van der Waals surface area contributed by atoms with Gasteiger partial charge in [-0.05, 0) is 48.7 Å². The lowest BCUT2D eigenvalue weighted by Gasteiger charge is -2.29. The zero-order valence-corrected chi connectivity index (χ0v) is 15.0. The van der Waals surface area contributed by atoms with Gasteiger partial charge in [-0.1, -0.05) is 0 Å². The summed E-state index contributed by atoms with van der Waals surface area (Å²) in [6.45, 7) is 0.555. The number of anilines is 2. The first-order valence-corrected chi connectivity index (χ1v) is 9.91. The third-order valence-corrected chi connectivity index (χ3v) is 5.20. The number of sulfonamides is 1. The van der Waals surface area contributed by atoms with Gasteiger partial charge in [0.2, 0.25) is 10.0 Å². The number of benzene rings is 1. The predicted octanol–water partition coefficient (Wildman–Crippen LogP) is 1.25. The molecule has 2 heterocycles. The number of aryl methyl sites for hydroxylation is 1. The summed E-state index contributed by atoms with van der Waals surface area (Å²) >= 11 is 0. The van der Waals surface area contributed by atoms with Crippen molar-refractivity contribution in [2.45, 2.75) is 19.4 Å². The van der Waals surface area contributed by atoms with Crippen LogP contribution in [0.1, 0.15) is 17.7 Å². The Hall–Kier alpha value is -2.81. The molecule has 3 rings (SSSR count). The van der Waals surface area contributed by atoms with E-state index in [4.69, 9.17) is 4.42 Å². The van der Waals surface area contributed by atoms with Crippen LogP contribution < -0.4 is 14.9 Å². The van der Waals surface area contributed by atoms with Crippen molar-refractivity contribution in [1.29, 1.82) is 0 Å². The van der Waals surface area contributed by atoms with Crippen LogP contribution in [0.5, 0.6) is 0 Å². The molecule has 2 aromatic rings. The topological polar surface area (TPSA) is 109 Å². The van der Waals surface area contributed by atoms with E-state index in [-0.39, 0.29) is 6.54 Å². The van der Waals surface area contributed by atoms with Crippen molar-refractivity contribution in [3.8, 4) is 0 Å². The Morgan fingerprint density at radius 1 is 1.23 bits per heavy atom. The molecule has 1 aromatic carbocycles. The van der Waals surface area contributed by atoms with Crippen LogP contribution in [0.15, 0.2) is 41.0 Å². The van der Waals surface area contributed by atoms with E-state index < -0.39 is 21.8 Å². The van der Waals surface area contributed by atoms with Crippen LogP contribution in [0.4, 0.5) is 11.4 Å². The summed E-state index contributed by atoms with van der Waals surface area (Å²) in [7, 11) is -3.34. The van der Waals surface area contributed by atoms with E-state index in [1.807, 2.05) is 0 Å². The highest BCUT2D eigenvalue weighted by Crippen LogP contribution is 2.31. The molecule has 0 spiro atoms. The summed E-state index contributed by atoms with van der Waals surface area (Å²) < 4.78 is 30.2. The Kier molecular flexibility index (Phi) is 4.99. The van der Waals surface area contributed by atoms with Crippen LogP contribution in [-0.2, 0) is 32.6 Å². The third kappa shape index (κ3) is 4.05. The molecule has 0 saturated carbocycles. The van der Waals surface area contributed by atoms with Crippen LogP contribution in [0.2, 0.25) is 0 Å². The first-order valence-electron chi connectivity index (χ1n) is 8.07. The molecule has 0 saturated heterocycles. The molecular weight excluding hydrogens is 358 g/mol. The van der Waals surface area contributed by atoms with Gasteiger partial charge in [0.15, 0.2) is 0 Å². The van der Waals surface area contributed by atoms with Crippen molar-refractivity contribution in [2.75, 3.05) is 22.4 Å². The van der Waals surface area contributed by atoms with Crippen molar-refractivity contribution < 1.29 is 22.4 Å². The molecule has 0 aliphatic carbocycles. The fraction of sp³-hybridized carbons (Fsp3) is 0.294. The summed E-state index contributed by atoms with van der Waals surface area (Å²) in [5.41, 5.74) is 1.87. The molecule has 2 N–H and O–H groups in total. The normalized spacial score (nSPS) is 13.8. The second kappa shape index (κ2) is 7.20. The van der Waals surface area contributed by atoms with Crippen LogP contribution >= 0.6 is 0 Å². The average molecular weight is 377 g/mol. The van der Waals surface area contributed by atoms with Gasteiger partial charge >= 0.3 is 11.8 Å². The van der Waals surface area contributed by atoms with Gasteiger partial charge in [-0.25, -0.2) is 8.42 Å². The summed E-state index contributed by atoms with van der Waals surface area (Å²) in [4.78, 5) is 23.9. The second-order valence-electron chi connectivity index (χ2n) is 6.00. The minimum atomic E-state index is -3.34. The highest BCUT2D eigenvalue weighted by Gasteiger charge is 2.24. The van der Waals surface area contributed by atoms with Gasteiger partial charge in [-0.2, -0.15) is 0 Å². The lowest BCUT2D eigenvalue weighted by Crippen LogP contribution is -2.35. The van der Waals surface area contributed by atoms with Gasteiger partial charge in [0.1, 0.15) is 5.76 Å². The minimum Gasteiger partial charge on any atom is -0.467 e. The first-order chi connectivity index (χ1) is 12.3. The number of carbonyl (C=O) groups excluding carboxylic acids is 2. The van der Waals surface area contributed by atoms with Crippen LogP contribution in [0.25, 0.3) is 0 Å². The Morgan fingerprint density at radius 3 is 2.73 bits per heavy atom. The Bertz CT molecular complexity index is 922. The van der Waals surface area contributed by atoms with Crippen molar-refractivity contribution in [3.05, 3.63) is 47.9 Å². The maximum atomic E-state index is 12.0. The fourth-order valence-electron chi connectivity index (χ4n) is 2.83. The molecule has 26 heavy (non-hydrogen) atoms. The highest BCUT2D eigenvalue weighted by atomic mass is 32.2. The van der Waals surface area contributed by atoms with E-state index >= 15 is 0 Å². The molecule has 2 amide bonds. The summed E-state index contributed by atoms with van der Waals surface area (Å²) in [5, 5.41) is 4.99. The second-order valence-corrected chi connectivity index (χ2v) is 7.91. The lowest BCUT2D eigenvalue weighted by molar-refractivity contribution is -0.136. The van der Waals surface area contributed by atoms with Gasteiger partial charge < -0.3 is 15.1 Å². The molecule has 138 valence electrons. The number of hydrogen-bond acceptors (Lipinski definition) is 5. The largest absolute Gasteiger partial charge is 0.467 e. The highest BCUT2D eigenvalue weighted by molar-refractivity contribution is 7.92. The van der Waals surface area contributed by atoms with E-state index in [1.54, 1.807) is 30.3 Å². The zero-order chi connectivity index (χ0) is 18.7. The maximum absolute atomic E-state index is 12.0. The minimum absolute atomic E-state index is 0.118. The number of furan rings is 1. The SMILES string of the molecule is CS(=O)(=O)N1CCCc2cc(NC(=O)C(=O)NCc3ccco3)ccc21. The Labute approximate surface area is 151 Å². The molecule has 1 aliphatic rings. The zero-order valence-electron chi connectivity index (χ0n) is 14.2. The molecule has 8 nitrogen and oxygen atoms in total. The van der Waals surface area contributed by atoms with Crippen LogP contribution in [0, 0.1) is 0 Å². The number of amides is 2. The predicted molar refractivity (Wildman–Crippen MR) is 96.1 cm³/mol. The van der Waals surface area contributed by atoms with Crippen molar-refractivity contribution in [3.63, 3.8) is 0 Å². The van der Waals surface area contributed by atoms with E-state index in [0.717, 1.165) is 5.56 Å². The number of nitrogens with zero attached hydrogens (tertiary/aromatic N) is 1. The van der Waals surface area contributed by atoms with E-state index in [9.17, 15) is 18.0 Å². The summed E-state index contributed by atoms with van der Waals surface area (Å²) in [5.74, 6) is -1.04. The van der Waals surface area contributed by atoms with E-state index in [2.05, 4.69) is 10.6 Å². The van der Waals surface area contributed by atoms with Gasteiger partial charge in [0, 0.05) is 12.2 Å². The number of nitrogens with one attached hydrogen (secondary N) is 2. The quantitative estimate of drug-likeness (QED) is 0.780. The third-order valence-electron chi connectivity index (χ3n) is 4.02. The summed E-state index contributed by atoms with van der Waals surface area (Å²) in [6, 6.07) is 8.31. The van der Waals surface area contributed by atoms with Crippen LogP contribution in [-0.4, -0.2) is 33.0 Å². The molecule has 0 radical (unpaired) electrons. The van der Waals surface area contributed by atoms with Crippen molar-refractivity contribution >= 4 is 33.2 Å². The van der Waals surface area contributed by atoms with Gasteiger partial charge in [-0.15, -0.1) is 0 Å². The number of rotatable bonds is 4. The molecule has 0 unspecified atom stereocenters. The standard InChI is InChI=1S/C17H19N3O5S/c1-26(23,24)20-8-2-4-12-10-13(6-7-15(12)20)19-17(22)16(21)18-11-14-5-3-9-25-14/h3,5-7,9-10H,2,4,8,11H2,1H3,(H,18,21)(H,19,22). The summed E-state index contributed by atoms with van der Waals surface area (Å²) in [6.07, 6.45) is 4.05. The number of carbonyl (C=O) groups is 2. The van der Waals surface area contributed by atoms with Crippen molar-refractivity contribution in [2.24, 2.45) is 0 Å². The first kappa shape index (κ1) is 18.0. The monoisotopic (exact) mass is 377 g/mol. The Balaban J connectivity index is 1.67. The maximum Gasteiger partial charge on any atom is 0.313 e. The van der Waals surface area contributed by atoms with Gasteiger partial charge in [0.05, 0.1) is 24.8 Å². The van der Waals surface area contributed by atoms with E-state index in [0.29, 0.717) is 36.5 Å². The smallest absolute Gasteiger partial charge is 0.313 e. The van der Waals surface area contributed by atoms with Crippen LogP contribution in [0.3, 0.4) is 0 Å². The molecule has 1 aliphatic heterocycles. The molecule has 0 bridgehead atoms. The van der Waals surface area contributed by atoms with Crippen molar-refractivity contribution in [1.82, 2.24) is 5.32 Å². The molecular formula is C17H19N3O5S. The van der Waals surface area contributed by atoms with Gasteiger partial charge in [-0.3, -0.25) is 13.9 Å².